The highest BCUT2D eigenvalue weighted by Gasteiger charge is 2.23. The van der Waals surface area contributed by atoms with Crippen molar-refractivity contribution in [2.45, 2.75) is 6.17 Å². The molecule has 1 atom stereocenters. The number of aliphatic imine (C=N–C) groups is 2. The number of hydrogen-bond donors (Lipinski definition) is 1. The first kappa shape index (κ1) is 32.4. The summed E-state index contributed by atoms with van der Waals surface area (Å²) in [5.74, 6) is 1.55. The normalized spacial score (nSPS) is 14.5. The van der Waals surface area contributed by atoms with Gasteiger partial charge in [-0.3, -0.25) is 0 Å². The molecule has 4 nitrogen and oxygen atoms in total. The molecule has 1 aliphatic rings. The summed E-state index contributed by atoms with van der Waals surface area (Å²) in [7, 11) is 0. The van der Waals surface area contributed by atoms with Crippen molar-refractivity contribution in [3.05, 3.63) is 199 Å². The van der Waals surface area contributed by atoms with Crippen molar-refractivity contribution in [1.29, 1.82) is 0 Å². The van der Waals surface area contributed by atoms with Gasteiger partial charge in [-0.2, -0.15) is 0 Å². The van der Waals surface area contributed by atoms with E-state index in [-0.39, 0.29) is 6.17 Å². The number of fused-ring (bicyclic) bond motifs is 9. The Morgan fingerprint density at radius 3 is 1.89 bits per heavy atom. The Bertz CT molecular complexity index is 3390. The first-order valence-corrected chi connectivity index (χ1v) is 20.8. The molecule has 268 valence electrons. The van der Waals surface area contributed by atoms with Gasteiger partial charge in [0.05, 0.1) is 21.4 Å². The molecule has 0 amide bonds. The molecule has 0 aliphatic carbocycles. The lowest BCUT2D eigenvalue weighted by Gasteiger charge is -2.23. The maximum absolute atomic E-state index is 5.17. The van der Waals surface area contributed by atoms with Gasteiger partial charge in [0.25, 0.3) is 0 Å². The van der Waals surface area contributed by atoms with Gasteiger partial charge in [0.2, 0.25) is 0 Å². The number of hydrogen-bond acceptors (Lipinski definition) is 5. The number of aromatic nitrogens is 1. The van der Waals surface area contributed by atoms with Crippen molar-refractivity contribution >= 4 is 96.5 Å². The smallest absolute Gasteiger partial charge is 0.159 e. The van der Waals surface area contributed by atoms with E-state index < -0.39 is 0 Å². The van der Waals surface area contributed by atoms with E-state index in [9.17, 15) is 0 Å². The third-order valence-corrected chi connectivity index (χ3v) is 13.7. The Hall–Kier alpha value is -6.86. The Morgan fingerprint density at radius 2 is 1.11 bits per heavy atom. The summed E-state index contributed by atoms with van der Waals surface area (Å²) in [5, 5.41) is 11.3. The van der Waals surface area contributed by atoms with Crippen molar-refractivity contribution in [1.82, 2.24) is 9.88 Å². The van der Waals surface area contributed by atoms with Crippen LogP contribution in [0.25, 0.3) is 79.0 Å². The maximum atomic E-state index is 5.17. The quantitative estimate of drug-likeness (QED) is 0.186. The van der Waals surface area contributed by atoms with Gasteiger partial charge in [0.15, 0.2) is 5.84 Å². The highest BCUT2D eigenvalue weighted by molar-refractivity contribution is 7.27. The van der Waals surface area contributed by atoms with Crippen LogP contribution in [-0.4, -0.2) is 16.2 Å². The van der Waals surface area contributed by atoms with E-state index in [4.69, 9.17) is 9.98 Å². The van der Waals surface area contributed by atoms with Crippen LogP contribution < -0.4 is 5.32 Å². The summed E-state index contributed by atoms with van der Waals surface area (Å²) in [5.41, 5.74) is 9.36. The fourth-order valence-electron chi connectivity index (χ4n) is 8.69. The van der Waals surface area contributed by atoms with Crippen LogP contribution >= 0.6 is 22.7 Å². The number of thiophene rings is 2. The average molecular weight is 765 g/mol. The monoisotopic (exact) mass is 764 g/mol. The number of para-hydroxylation sites is 2. The van der Waals surface area contributed by atoms with Crippen molar-refractivity contribution in [3.63, 3.8) is 0 Å². The molecule has 4 heterocycles. The molecule has 0 fully saturated rings. The zero-order valence-corrected chi connectivity index (χ0v) is 32.2. The minimum Gasteiger partial charge on any atom is -0.344 e. The van der Waals surface area contributed by atoms with Gasteiger partial charge in [0, 0.05) is 63.1 Å². The van der Waals surface area contributed by atoms with Gasteiger partial charge in [-0.25, -0.2) is 9.98 Å². The molecule has 1 unspecified atom stereocenters. The second-order valence-corrected chi connectivity index (χ2v) is 16.6. The van der Waals surface area contributed by atoms with Gasteiger partial charge in [-0.15, -0.1) is 22.7 Å². The molecular weight excluding hydrogens is 733 g/mol. The van der Waals surface area contributed by atoms with E-state index in [0.29, 0.717) is 0 Å². The standard InChI is InChI=1S/C51H32N4S2/c1-3-14-31(15-4-1)49-52-50(32-16-5-2-6-17-32)54-51(53-49)33-28-29-44-40(30-33)38-22-11-21-37(47(38)56-44)36-20-13-27-45-46(36)39-23-12-26-43(48(39)57-45)55-41-24-9-7-18-34(41)35-19-8-10-25-42(35)55/h1-30,51H,(H,52,53,54). The molecule has 3 aromatic heterocycles. The minimum absolute atomic E-state index is 0.287. The van der Waals surface area contributed by atoms with Gasteiger partial charge in [-0.05, 0) is 47.5 Å². The highest BCUT2D eigenvalue weighted by Crippen LogP contribution is 2.47. The van der Waals surface area contributed by atoms with Crippen LogP contribution in [0.4, 0.5) is 0 Å². The SMILES string of the molecule is c1ccc(C2=NC(c3ccc4sc5c(-c6cccc7sc8c(-n9c%10ccccc%10c%10ccccc%109)cccc8c67)cccc5c4c3)NC(c3ccccc3)=N2)cc1. The van der Waals surface area contributed by atoms with Gasteiger partial charge < -0.3 is 9.88 Å². The minimum atomic E-state index is -0.287. The summed E-state index contributed by atoms with van der Waals surface area (Å²) < 4.78 is 7.61. The lowest BCUT2D eigenvalue weighted by Crippen LogP contribution is -2.33. The van der Waals surface area contributed by atoms with Crippen LogP contribution in [0.3, 0.4) is 0 Å². The first-order valence-electron chi connectivity index (χ1n) is 19.2. The topological polar surface area (TPSA) is 41.7 Å². The number of amidine groups is 2. The number of nitrogens with zero attached hydrogens (tertiary/aromatic N) is 3. The fourth-order valence-corrected chi connectivity index (χ4v) is 11.1. The zero-order valence-electron chi connectivity index (χ0n) is 30.6. The fraction of sp³-hybridized carbons (Fsp3) is 0.0196. The summed E-state index contributed by atoms with van der Waals surface area (Å²) in [6.07, 6.45) is -0.287. The Kier molecular flexibility index (Phi) is 7.30. The van der Waals surface area contributed by atoms with Crippen LogP contribution in [0, 0.1) is 0 Å². The van der Waals surface area contributed by atoms with Crippen LogP contribution in [-0.2, 0) is 0 Å². The molecule has 0 saturated carbocycles. The molecule has 8 aromatic carbocycles. The number of nitrogens with one attached hydrogen (secondary N) is 1. The molecule has 57 heavy (non-hydrogen) atoms. The molecule has 0 spiro atoms. The molecule has 11 aromatic rings. The van der Waals surface area contributed by atoms with Crippen LogP contribution in [0.15, 0.2) is 192 Å². The van der Waals surface area contributed by atoms with E-state index >= 15 is 0 Å². The highest BCUT2D eigenvalue weighted by atomic mass is 32.1. The van der Waals surface area contributed by atoms with E-state index in [2.05, 4.69) is 155 Å². The number of rotatable bonds is 5. The molecule has 0 saturated heterocycles. The summed E-state index contributed by atoms with van der Waals surface area (Å²) in [4.78, 5) is 10.2. The van der Waals surface area contributed by atoms with Crippen molar-refractivity contribution in [2.75, 3.05) is 0 Å². The molecule has 12 rings (SSSR count). The maximum Gasteiger partial charge on any atom is 0.159 e. The predicted octanol–water partition coefficient (Wildman–Crippen LogP) is 13.7. The molecule has 0 radical (unpaired) electrons. The van der Waals surface area contributed by atoms with E-state index in [0.717, 1.165) is 28.4 Å². The molecule has 1 aliphatic heterocycles. The lowest BCUT2D eigenvalue weighted by atomic mass is 9.97. The summed E-state index contributed by atoms with van der Waals surface area (Å²) in [6.45, 7) is 0. The van der Waals surface area contributed by atoms with Crippen LogP contribution in [0.5, 0.6) is 0 Å². The second kappa shape index (κ2) is 12.8. The zero-order chi connectivity index (χ0) is 37.5. The summed E-state index contributed by atoms with van der Waals surface area (Å²) >= 11 is 3.76. The molecule has 0 bridgehead atoms. The number of benzene rings is 8. The van der Waals surface area contributed by atoms with E-state index in [1.807, 2.05) is 59.1 Å². The second-order valence-electron chi connectivity index (χ2n) is 14.5. The Labute approximate surface area is 336 Å². The predicted molar refractivity (Wildman–Crippen MR) is 244 cm³/mol. The molecule has 6 heteroatoms. The average Bonchev–Trinajstić information content (AvgIpc) is 3.96. The van der Waals surface area contributed by atoms with Crippen molar-refractivity contribution < 1.29 is 0 Å². The third-order valence-electron chi connectivity index (χ3n) is 11.3. The summed E-state index contributed by atoms with van der Waals surface area (Å²) in [6, 6.07) is 65.4. The first-order chi connectivity index (χ1) is 28.3. The van der Waals surface area contributed by atoms with E-state index in [1.165, 1.54) is 79.0 Å². The molecule has 1 N–H and O–H groups in total. The Morgan fingerprint density at radius 1 is 0.474 bits per heavy atom. The third kappa shape index (κ3) is 5.11. The van der Waals surface area contributed by atoms with E-state index in [1.54, 1.807) is 0 Å². The van der Waals surface area contributed by atoms with Gasteiger partial charge >= 0.3 is 0 Å². The van der Waals surface area contributed by atoms with Crippen molar-refractivity contribution in [2.24, 2.45) is 9.98 Å². The lowest BCUT2D eigenvalue weighted by molar-refractivity contribution is 0.675. The van der Waals surface area contributed by atoms with Crippen molar-refractivity contribution in [3.8, 4) is 16.8 Å². The van der Waals surface area contributed by atoms with Gasteiger partial charge in [0.1, 0.15) is 12.0 Å². The van der Waals surface area contributed by atoms with Crippen LogP contribution in [0.1, 0.15) is 22.9 Å². The van der Waals surface area contributed by atoms with Gasteiger partial charge in [-0.1, -0.05) is 146 Å². The van der Waals surface area contributed by atoms with Crippen LogP contribution in [0.2, 0.25) is 0 Å². The largest absolute Gasteiger partial charge is 0.344 e. The molecular formula is C51H32N4S2. The Balaban J connectivity index is 1.01.